The molecule has 0 saturated heterocycles. The minimum absolute atomic E-state index is 0.150. The summed E-state index contributed by atoms with van der Waals surface area (Å²) in [5.74, 6) is -8.13. The van der Waals surface area contributed by atoms with E-state index < -0.39 is 78.5 Å². The third-order valence-corrected chi connectivity index (χ3v) is 5.16. The first-order valence-electron chi connectivity index (χ1n) is 9.60. The molecule has 1 atom stereocenters. The van der Waals surface area contributed by atoms with Gasteiger partial charge in [0.15, 0.2) is 0 Å². The number of nitrogens with zero attached hydrogens (tertiary/aromatic N) is 3. The average molecular weight is 481 g/mol. The normalized spacial score (nSPS) is 17.0. The van der Waals surface area contributed by atoms with Crippen LogP contribution in [0.15, 0.2) is 18.3 Å². The Balaban J connectivity index is 2.06. The largest absolute Gasteiger partial charge is 0.420 e. The highest BCUT2D eigenvalue weighted by molar-refractivity contribution is 6.05. The van der Waals surface area contributed by atoms with Crippen LogP contribution in [0.3, 0.4) is 0 Å². The fourth-order valence-electron chi connectivity index (χ4n) is 3.55. The molecule has 1 aliphatic rings. The Morgan fingerprint density at radius 1 is 1.30 bits per heavy atom. The van der Waals surface area contributed by atoms with Crippen LogP contribution in [0.5, 0.6) is 0 Å². The van der Waals surface area contributed by atoms with Gasteiger partial charge in [-0.2, -0.15) is 18.3 Å². The van der Waals surface area contributed by atoms with Crippen LogP contribution < -0.4 is 11.1 Å². The summed E-state index contributed by atoms with van der Waals surface area (Å²) in [7, 11) is 0. The number of primary amides is 1. The fraction of sp³-hybridized carbons (Fsp3) is 0.474. The summed E-state index contributed by atoms with van der Waals surface area (Å²) in [5.41, 5.74) is 0.798. The molecule has 0 radical (unpaired) electrons. The van der Waals surface area contributed by atoms with Crippen molar-refractivity contribution in [2.75, 3.05) is 5.32 Å². The number of rotatable bonds is 7. The van der Waals surface area contributed by atoms with Crippen LogP contribution in [0.2, 0.25) is 0 Å². The van der Waals surface area contributed by atoms with Gasteiger partial charge in [-0.1, -0.05) is 6.92 Å². The van der Waals surface area contributed by atoms with E-state index >= 15 is 0 Å². The maximum atomic E-state index is 13.9. The Morgan fingerprint density at radius 3 is 2.45 bits per heavy atom. The number of nitrogens with one attached hydrogen (secondary N) is 1. The van der Waals surface area contributed by atoms with Crippen LogP contribution in [0.25, 0.3) is 0 Å². The number of amides is 2. The zero-order chi connectivity index (χ0) is 24.7. The number of hydrogen-bond donors (Lipinski definition) is 2. The maximum absolute atomic E-state index is 13.9. The molecule has 1 fully saturated rings. The quantitative estimate of drug-likeness (QED) is 0.582. The minimum Gasteiger partial charge on any atom is -0.364 e. The molecule has 0 aromatic carbocycles. The molecule has 0 bridgehead atoms. The van der Waals surface area contributed by atoms with Gasteiger partial charge < -0.3 is 11.1 Å². The summed E-state index contributed by atoms with van der Waals surface area (Å²) < 4.78 is 95.2. The third-order valence-electron chi connectivity index (χ3n) is 5.16. The number of aromatic nitrogens is 3. The second-order valence-electron chi connectivity index (χ2n) is 7.79. The summed E-state index contributed by atoms with van der Waals surface area (Å²) in [6.07, 6.45) is -8.68. The van der Waals surface area contributed by atoms with Crippen LogP contribution in [0, 0.1) is 5.92 Å². The lowest BCUT2D eigenvalue weighted by Gasteiger charge is -2.35. The van der Waals surface area contributed by atoms with Crippen molar-refractivity contribution in [3.05, 3.63) is 41.0 Å². The number of halogens is 7. The topological polar surface area (TPSA) is 103 Å². The van der Waals surface area contributed by atoms with Gasteiger partial charge in [-0.05, 0) is 18.1 Å². The molecule has 1 aliphatic carbocycles. The second-order valence-corrected chi connectivity index (χ2v) is 7.79. The van der Waals surface area contributed by atoms with Crippen molar-refractivity contribution in [3.63, 3.8) is 0 Å². The number of pyridine rings is 1. The van der Waals surface area contributed by atoms with E-state index in [2.05, 4.69) is 15.4 Å². The van der Waals surface area contributed by atoms with Gasteiger partial charge in [0.2, 0.25) is 12.3 Å². The van der Waals surface area contributed by atoms with Crippen LogP contribution >= 0.6 is 0 Å². The lowest BCUT2D eigenvalue weighted by molar-refractivity contribution is -0.139. The molecule has 3 rings (SSSR count). The van der Waals surface area contributed by atoms with Gasteiger partial charge in [-0.3, -0.25) is 19.3 Å². The SMILES string of the molecule is CC(c1nn(CC2CC(F)(F)C2)c(C(=O)Nc2ccnc(C(N)=O)c2)c1C(F)(F)F)C(F)F. The van der Waals surface area contributed by atoms with Crippen LogP contribution in [-0.2, 0) is 12.7 Å². The summed E-state index contributed by atoms with van der Waals surface area (Å²) in [6.45, 7) is 0.314. The molecule has 2 amide bonds. The van der Waals surface area contributed by atoms with Crippen LogP contribution in [-0.4, -0.2) is 38.9 Å². The van der Waals surface area contributed by atoms with E-state index in [9.17, 15) is 40.3 Å². The van der Waals surface area contributed by atoms with E-state index in [1.807, 2.05) is 0 Å². The Hall–Kier alpha value is -3.19. The van der Waals surface area contributed by atoms with Crippen molar-refractivity contribution in [2.24, 2.45) is 11.7 Å². The van der Waals surface area contributed by atoms with E-state index in [0.29, 0.717) is 4.68 Å². The zero-order valence-corrected chi connectivity index (χ0v) is 17.0. The fourth-order valence-corrected chi connectivity index (χ4v) is 3.55. The Labute approximate surface area is 182 Å². The number of carbonyl (C=O) groups is 2. The van der Waals surface area contributed by atoms with Gasteiger partial charge in [-0.25, -0.2) is 17.6 Å². The lowest BCUT2D eigenvalue weighted by Crippen LogP contribution is -2.38. The molecule has 7 nitrogen and oxygen atoms in total. The number of carbonyl (C=O) groups excluding carboxylic acids is 2. The monoisotopic (exact) mass is 481 g/mol. The summed E-state index contributed by atoms with van der Waals surface area (Å²) in [6, 6.07) is 2.16. The molecule has 1 saturated carbocycles. The summed E-state index contributed by atoms with van der Waals surface area (Å²) >= 11 is 0. The third kappa shape index (κ3) is 5.25. The summed E-state index contributed by atoms with van der Waals surface area (Å²) in [4.78, 5) is 27.8. The second kappa shape index (κ2) is 8.63. The average Bonchev–Trinajstić information content (AvgIpc) is 3.05. The highest BCUT2D eigenvalue weighted by Gasteiger charge is 2.48. The highest BCUT2D eigenvalue weighted by Crippen LogP contribution is 2.44. The van der Waals surface area contributed by atoms with Crippen LogP contribution in [0.4, 0.5) is 36.4 Å². The smallest absolute Gasteiger partial charge is 0.364 e. The van der Waals surface area contributed by atoms with Crippen LogP contribution in [0.1, 0.15) is 57.9 Å². The Bertz CT molecular complexity index is 1060. The number of anilines is 1. The number of nitrogens with two attached hydrogens (primary N) is 1. The van der Waals surface area contributed by atoms with Crippen molar-refractivity contribution in [1.29, 1.82) is 0 Å². The van der Waals surface area contributed by atoms with E-state index in [1.54, 1.807) is 0 Å². The molecule has 2 aromatic heterocycles. The van der Waals surface area contributed by atoms with E-state index in [4.69, 9.17) is 5.73 Å². The van der Waals surface area contributed by atoms with Gasteiger partial charge in [-0.15, -0.1) is 0 Å². The van der Waals surface area contributed by atoms with E-state index in [0.717, 1.165) is 25.3 Å². The van der Waals surface area contributed by atoms with Crippen molar-refractivity contribution >= 4 is 17.5 Å². The van der Waals surface area contributed by atoms with Gasteiger partial charge in [0.25, 0.3) is 11.8 Å². The van der Waals surface area contributed by atoms with E-state index in [-0.39, 0.29) is 11.4 Å². The lowest BCUT2D eigenvalue weighted by atomic mass is 9.81. The van der Waals surface area contributed by atoms with Crippen molar-refractivity contribution in [1.82, 2.24) is 14.8 Å². The molecule has 2 heterocycles. The van der Waals surface area contributed by atoms with Gasteiger partial charge in [0.1, 0.15) is 17.0 Å². The molecule has 2 aromatic rings. The Kier molecular flexibility index (Phi) is 6.40. The number of hydrogen-bond acceptors (Lipinski definition) is 4. The molecular weight excluding hydrogens is 463 g/mol. The van der Waals surface area contributed by atoms with Crippen molar-refractivity contribution in [2.45, 2.75) is 50.8 Å². The highest BCUT2D eigenvalue weighted by atomic mass is 19.4. The van der Waals surface area contributed by atoms with Gasteiger partial charge in [0, 0.05) is 31.3 Å². The molecule has 180 valence electrons. The molecule has 0 spiro atoms. The number of alkyl halides is 7. The van der Waals surface area contributed by atoms with Crippen molar-refractivity contribution < 1.29 is 40.3 Å². The predicted molar refractivity (Wildman–Crippen MR) is 100 cm³/mol. The van der Waals surface area contributed by atoms with Crippen molar-refractivity contribution in [3.8, 4) is 0 Å². The van der Waals surface area contributed by atoms with E-state index in [1.165, 1.54) is 0 Å². The first-order chi connectivity index (χ1) is 15.2. The molecule has 14 heteroatoms. The minimum atomic E-state index is -5.25. The summed E-state index contributed by atoms with van der Waals surface area (Å²) in [5, 5.41) is 5.73. The maximum Gasteiger partial charge on any atom is 0.420 e. The van der Waals surface area contributed by atoms with Gasteiger partial charge >= 0.3 is 6.18 Å². The molecular formula is C19H18F7N5O2. The predicted octanol–water partition coefficient (Wildman–Crippen LogP) is 4.06. The Morgan fingerprint density at radius 2 is 1.94 bits per heavy atom. The molecule has 33 heavy (non-hydrogen) atoms. The molecule has 3 N–H and O–H groups in total. The first kappa shape index (κ1) is 24.5. The molecule has 0 aliphatic heterocycles. The standard InChI is InChI=1S/C19H18F7N5O2/c1-8(15(20)21)13-12(19(24,25)26)14(31(30-13)7-9-5-18(22,23)6-9)17(33)29-10-2-3-28-11(4-10)16(27)32/h2-4,8-9,15H,5-7H2,1H3,(H2,27,32)(H,28,29,33). The zero-order valence-electron chi connectivity index (χ0n) is 17.0. The van der Waals surface area contributed by atoms with Gasteiger partial charge in [0.05, 0.1) is 11.6 Å². The first-order valence-corrected chi connectivity index (χ1v) is 9.60. The molecule has 1 unspecified atom stereocenters.